The second kappa shape index (κ2) is 4.72. The van der Waals surface area contributed by atoms with Crippen LogP contribution in [0.15, 0.2) is 18.2 Å². The van der Waals surface area contributed by atoms with E-state index in [0.29, 0.717) is 6.42 Å². The summed E-state index contributed by atoms with van der Waals surface area (Å²) in [6, 6.07) is 4.95. The van der Waals surface area contributed by atoms with Gasteiger partial charge >= 0.3 is 0 Å². The first-order chi connectivity index (χ1) is 7.61. The van der Waals surface area contributed by atoms with Crippen LogP contribution in [0.1, 0.15) is 37.7 Å². The summed E-state index contributed by atoms with van der Waals surface area (Å²) >= 11 is 5.94. The molecule has 0 atom stereocenters. The average molecular weight is 242 g/mol. The molecule has 1 fully saturated rings. The van der Waals surface area contributed by atoms with Gasteiger partial charge in [-0.1, -0.05) is 43.0 Å². The molecule has 2 rings (SSSR count). The monoisotopic (exact) mass is 241 g/mol. The van der Waals surface area contributed by atoms with Crippen LogP contribution in [0.3, 0.4) is 0 Å². The van der Waals surface area contributed by atoms with E-state index in [1.165, 1.54) is 25.3 Å². The Morgan fingerprint density at radius 2 is 1.94 bits per heavy atom. The van der Waals surface area contributed by atoms with Crippen molar-refractivity contribution in [1.29, 1.82) is 0 Å². The van der Waals surface area contributed by atoms with Crippen molar-refractivity contribution in [2.24, 2.45) is 5.73 Å². The van der Waals surface area contributed by atoms with E-state index in [0.717, 1.165) is 18.4 Å². The summed E-state index contributed by atoms with van der Waals surface area (Å²) in [6.07, 6.45) is 6.31. The predicted octanol–water partition coefficient (Wildman–Crippen LogP) is 3.68. The van der Waals surface area contributed by atoms with Crippen molar-refractivity contribution in [3.8, 4) is 0 Å². The number of rotatable bonds is 2. The summed E-state index contributed by atoms with van der Waals surface area (Å²) in [5.41, 5.74) is 6.98. The van der Waals surface area contributed by atoms with Gasteiger partial charge in [-0.2, -0.15) is 0 Å². The van der Waals surface area contributed by atoms with Gasteiger partial charge in [0, 0.05) is 5.54 Å². The zero-order valence-corrected chi connectivity index (χ0v) is 10.1. The summed E-state index contributed by atoms with van der Waals surface area (Å²) in [5.74, 6) is -0.349. The number of hydrogen-bond donors (Lipinski definition) is 1. The topological polar surface area (TPSA) is 26.0 Å². The van der Waals surface area contributed by atoms with Gasteiger partial charge in [0.2, 0.25) is 0 Å². The zero-order chi connectivity index (χ0) is 11.6. The highest BCUT2D eigenvalue weighted by molar-refractivity contribution is 6.31. The molecule has 0 radical (unpaired) electrons. The molecule has 1 saturated carbocycles. The first kappa shape index (κ1) is 11.9. The molecule has 0 bridgehead atoms. The minimum absolute atomic E-state index is 0.185. The van der Waals surface area contributed by atoms with Crippen LogP contribution >= 0.6 is 11.6 Å². The Balaban J connectivity index is 2.16. The Morgan fingerprint density at radius 3 is 2.62 bits per heavy atom. The van der Waals surface area contributed by atoms with Crippen LogP contribution < -0.4 is 5.73 Å². The van der Waals surface area contributed by atoms with E-state index in [1.807, 2.05) is 6.07 Å². The van der Waals surface area contributed by atoms with Gasteiger partial charge in [0.15, 0.2) is 0 Å². The molecule has 88 valence electrons. The van der Waals surface area contributed by atoms with E-state index >= 15 is 0 Å². The fraction of sp³-hybridized carbons (Fsp3) is 0.538. The molecule has 0 heterocycles. The largest absolute Gasteiger partial charge is 0.325 e. The predicted molar refractivity (Wildman–Crippen MR) is 65.1 cm³/mol. The molecule has 16 heavy (non-hydrogen) atoms. The van der Waals surface area contributed by atoms with Crippen LogP contribution in [0.4, 0.5) is 4.39 Å². The minimum atomic E-state index is -0.349. The molecule has 1 aromatic carbocycles. The van der Waals surface area contributed by atoms with E-state index in [2.05, 4.69) is 0 Å². The maximum absolute atomic E-state index is 13.3. The highest BCUT2D eigenvalue weighted by Crippen LogP contribution is 2.31. The van der Waals surface area contributed by atoms with Crippen molar-refractivity contribution in [1.82, 2.24) is 0 Å². The van der Waals surface area contributed by atoms with E-state index in [1.54, 1.807) is 6.07 Å². The molecule has 0 amide bonds. The number of benzene rings is 1. The Morgan fingerprint density at radius 1 is 1.25 bits per heavy atom. The van der Waals surface area contributed by atoms with Crippen LogP contribution in [-0.4, -0.2) is 5.54 Å². The lowest BCUT2D eigenvalue weighted by Gasteiger charge is -2.33. The lowest BCUT2D eigenvalue weighted by atomic mass is 9.78. The van der Waals surface area contributed by atoms with Gasteiger partial charge in [0.05, 0.1) is 5.02 Å². The lowest BCUT2D eigenvalue weighted by molar-refractivity contribution is 0.294. The van der Waals surface area contributed by atoms with Crippen molar-refractivity contribution in [3.05, 3.63) is 34.6 Å². The summed E-state index contributed by atoms with van der Waals surface area (Å²) in [7, 11) is 0. The van der Waals surface area contributed by atoms with Crippen molar-refractivity contribution in [2.45, 2.75) is 44.1 Å². The molecule has 0 saturated heterocycles. The fourth-order valence-electron chi connectivity index (χ4n) is 2.50. The van der Waals surface area contributed by atoms with E-state index in [-0.39, 0.29) is 16.4 Å². The molecule has 1 nitrogen and oxygen atoms in total. The summed E-state index contributed by atoms with van der Waals surface area (Å²) in [4.78, 5) is 0. The van der Waals surface area contributed by atoms with Crippen LogP contribution in [0.2, 0.25) is 5.02 Å². The molecule has 1 aliphatic rings. The zero-order valence-electron chi connectivity index (χ0n) is 9.31. The van der Waals surface area contributed by atoms with Crippen LogP contribution in [-0.2, 0) is 6.42 Å². The smallest absolute Gasteiger partial charge is 0.142 e. The fourth-order valence-corrected chi connectivity index (χ4v) is 2.69. The molecule has 0 aliphatic heterocycles. The van der Waals surface area contributed by atoms with Crippen LogP contribution in [0.5, 0.6) is 0 Å². The summed E-state index contributed by atoms with van der Waals surface area (Å²) in [5, 5.41) is 0.234. The molecular weight excluding hydrogens is 225 g/mol. The third-order valence-electron chi connectivity index (χ3n) is 3.42. The lowest BCUT2D eigenvalue weighted by Crippen LogP contribution is -2.43. The third kappa shape index (κ3) is 2.55. The first-order valence-corrected chi connectivity index (χ1v) is 6.20. The number of hydrogen-bond acceptors (Lipinski definition) is 1. The third-order valence-corrected chi connectivity index (χ3v) is 3.85. The maximum Gasteiger partial charge on any atom is 0.142 e. The van der Waals surface area contributed by atoms with Gasteiger partial charge in [-0.3, -0.25) is 0 Å². The normalized spacial score (nSPS) is 19.7. The standard InChI is InChI=1S/C13H17ClFN/c14-12-10(5-4-6-11(12)15)9-13(16)7-2-1-3-8-13/h4-6H,1-3,7-9,16H2. The van der Waals surface area contributed by atoms with E-state index in [4.69, 9.17) is 17.3 Å². The second-order valence-corrected chi connectivity index (χ2v) is 5.19. The Kier molecular flexibility index (Phi) is 3.50. The Labute approximate surface area is 101 Å². The number of nitrogens with two attached hydrogens (primary N) is 1. The van der Waals surface area contributed by atoms with Crippen molar-refractivity contribution in [2.75, 3.05) is 0 Å². The average Bonchev–Trinajstić information content (AvgIpc) is 2.26. The SMILES string of the molecule is NC1(Cc2cccc(F)c2Cl)CCCCC1. The van der Waals surface area contributed by atoms with Crippen molar-refractivity contribution < 1.29 is 4.39 Å². The van der Waals surface area contributed by atoms with E-state index < -0.39 is 0 Å². The highest BCUT2D eigenvalue weighted by atomic mass is 35.5. The van der Waals surface area contributed by atoms with E-state index in [9.17, 15) is 4.39 Å². The molecule has 3 heteroatoms. The minimum Gasteiger partial charge on any atom is -0.325 e. The Hall–Kier alpha value is -0.600. The van der Waals surface area contributed by atoms with Gasteiger partial charge in [-0.15, -0.1) is 0 Å². The van der Waals surface area contributed by atoms with Gasteiger partial charge in [0.1, 0.15) is 5.82 Å². The summed E-state index contributed by atoms with van der Waals surface area (Å²) in [6.45, 7) is 0. The van der Waals surface area contributed by atoms with Gasteiger partial charge in [0.25, 0.3) is 0 Å². The van der Waals surface area contributed by atoms with Crippen molar-refractivity contribution in [3.63, 3.8) is 0 Å². The molecule has 0 unspecified atom stereocenters. The maximum atomic E-state index is 13.3. The van der Waals surface area contributed by atoms with Crippen LogP contribution in [0, 0.1) is 5.82 Å². The highest BCUT2D eigenvalue weighted by Gasteiger charge is 2.28. The molecule has 2 N–H and O–H groups in total. The molecule has 0 aromatic heterocycles. The number of halogens is 2. The molecule has 1 aliphatic carbocycles. The summed E-state index contributed by atoms with van der Waals surface area (Å²) < 4.78 is 13.3. The van der Waals surface area contributed by atoms with Gasteiger partial charge in [-0.25, -0.2) is 4.39 Å². The second-order valence-electron chi connectivity index (χ2n) is 4.81. The van der Waals surface area contributed by atoms with Crippen molar-refractivity contribution >= 4 is 11.6 Å². The molecule has 1 aromatic rings. The molecular formula is C13H17ClFN. The van der Waals surface area contributed by atoms with Gasteiger partial charge in [-0.05, 0) is 30.9 Å². The van der Waals surface area contributed by atoms with Gasteiger partial charge < -0.3 is 5.73 Å². The molecule has 0 spiro atoms. The Bertz CT molecular complexity index is 372. The van der Waals surface area contributed by atoms with Crippen LogP contribution in [0.25, 0.3) is 0 Å². The quantitative estimate of drug-likeness (QED) is 0.840. The first-order valence-electron chi connectivity index (χ1n) is 5.82.